The molecule has 0 saturated carbocycles. The van der Waals surface area contributed by atoms with Crippen LogP contribution in [-0.2, 0) is 16.0 Å². The van der Waals surface area contributed by atoms with Gasteiger partial charge in [0, 0.05) is 36.1 Å². The Balaban J connectivity index is 1.27. The van der Waals surface area contributed by atoms with Crippen LogP contribution < -0.4 is 5.32 Å². The van der Waals surface area contributed by atoms with E-state index in [0.717, 1.165) is 48.7 Å². The number of rotatable bonds is 12. The molecule has 7 heteroatoms. The average Bonchev–Trinajstić information content (AvgIpc) is 3.19. The molecule has 0 bridgehead atoms. The fourth-order valence-electron chi connectivity index (χ4n) is 5.46. The third kappa shape index (κ3) is 6.87. The van der Waals surface area contributed by atoms with Crippen molar-refractivity contribution >= 4 is 34.2 Å². The molecule has 192 valence electrons. The number of aryl methyl sites for hydroxylation is 1. The molecule has 0 unspecified atom stereocenters. The number of fused-ring (bicyclic) bond motifs is 1. The van der Waals surface area contributed by atoms with E-state index in [1.807, 2.05) is 17.0 Å². The van der Waals surface area contributed by atoms with Crippen LogP contribution in [0.4, 0.5) is 0 Å². The number of nitrogens with zero attached hydrogens (tertiary/aromatic N) is 2. The van der Waals surface area contributed by atoms with Gasteiger partial charge in [0.15, 0.2) is 5.78 Å². The molecule has 0 aliphatic carbocycles. The first-order chi connectivity index (χ1) is 16.9. The van der Waals surface area contributed by atoms with Crippen molar-refractivity contribution in [3.05, 3.63) is 35.0 Å². The largest absolute Gasteiger partial charge is 0.360 e. The predicted molar refractivity (Wildman–Crippen MR) is 143 cm³/mol. The Morgan fingerprint density at radius 1 is 1.14 bits per heavy atom. The van der Waals surface area contributed by atoms with Gasteiger partial charge in [0.2, 0.25) is 5.91 Å². The number of likely N-dealkylation sites (tertiary alicyclic amines) is 2. The topological polar surface area (TPSA) is 68.4 Å². The zero-order valence-corrected chi connectivity index (χ0v) is 22.1. The van der Waals surface area contributed by atoms with Crippen LogP contribution in [0.15, 0.2) is 24.4 Å². The van der Waals surface area contributed by atoms with Crippen molar-refractivity contribution in [1.29, 1.82) is 0 Å². The molecule has 1 aromatic carbocycles. The van der Waals surface area contributed by atoms with E-state index in [0.29, 0.717) is 24.4 Å². The molecule has 1 amide bonds. The molecular weight excluding hydrogens is 460 g/mol. The van der Waals surface area contributed by atoms with Gasteiger partial charge in [-0.05, 0) is 75.9 Å². The lowest BCUT2D eigenvalue weighted by molar-refractivity contribution is -0.148. The van der Waals surface area contributed by atoms with Crippen molar-refractivity contribution in [3.63, 3.8) is 0 Å². The molecular formula is C28H41ClN4O2. The minimum Gasteiger partial charge on any atom is -0.360 e. The maximum Gasteiger partial charge on any atom is 0.240 e. The molecule has 0 radical (unpaired) electrons. The molecule has 2 saturated heterocycles. The number of nitrogens with one attached hydrogen (secondary N) is 2. The van der Waals surface area contributed by atoms with Crippen molar-refractivity contribution in [2.45, 2.75) is 89.8 Å². The number of unbranched alkanes of at least 4 members (excludes halogenated alkanes) is 1. The van der Waals surface area contributed by atoms with Crippen LogP contribution in [0.2, 0.25) is 5.02 Å². The summed E-state index contributed by atoms with van der Waals surface area (Å²) in [4.78, 5) is 33.9. The quantitative estimate of drug-likeness (QED) is 0.405. The van der Waals surface area contributed by atoms with Gasteiger partial charge in [-0.2, -0.15) is 0 Å². The van der Waals surface area contributed by atoms with Gasteiger partial charge in [-0.15, -0.1) is 0 Å². The van der Waals surface area contributed by atoms with E-state index in [9.17, 15) is 9.59 Å². The van der Waals surface area contributed by atoms with Crippen molar-refractivity contribution < 1.29 is 9.59 Å². The lowest BCUT2D eigenvalue weighted by atomic mass is 9.92. The Labute approximate surface area is 214 Å². The maximum atomic E-state index is 13.4. The normalized spacial score (nSPS) is 19.8. The Morgan fingerprint density at radius 3 is 2.66 bits per heavy atom. The first-order valence-corrected chi connectivity index (χ1v) is 13.9. The molecule has 35 heavy (non-hydrogen) atoms. The summed E-state index contributed by atoms with van der Waals surface area (Å²) in [6, 6.07) is 5.86. The summed E-state index contributed by atoms with van der Waals surface area (Å²) < 4.78 is 0. The predicted octanol–water partition coefficient (Wildman–Crippen LogP) is 4.95. The summed E-state index contributed by atoms with van der Waals surface area (Å²) in [6.07, 6.45) is 10.6. The third-order valence-corrected chi connectivity index (χ3v) is 7.84. The van der Waals surface area contributed by atoms with E-state index in [4.69, 9.17) is 11.6 Å². The minimum absolute atomic E-state index is 0.0989. The highest BCUT2D eigenvalue weighted by Gasteiger charge is 2.39. The van der Waals surface area contributed by atoms with Crippen LogP contribution in [-0.4, -0.2) is 70.8 Å². The second-order valence-corrected chi connectivity index (χ2v) is 11.0. The highest BCUT2D eigenvalue weighted by atomic mass is 35.5. The number of ketones is 1. The standard InChI is InChI=1S/C28H41ClN4O2/c1-20(2)31-25(8-4-7-16-32-14-5-3-6-15-32)28(35)33-17-13-26(33)27(34)12-10-21-9-11-24-22(18-21)23(29)19-30-24/h9,11,18-20,25-26,30-31H,3-8,10,12-17H2,1-2H3/t25-,26+/m1/s1. The van der Waals surface area contributed by atoms with Gasteiger partial charge in [-0.25, -0.2) is 0 Å². The number of carbonyl (C=O) groups is 2. The van der Waals surface area contributed by atoms with E-state index in [1.54, 1.807) is 6.20 Å². The van der Waals surface area contributed by atoms with Crippen LogP contribution in [0.5, 0.6) is 0 Å². The zero-order chi connectivity index (χ0) is 24.8. The number of aromatic amines is 1. The van der Waals surface area contributed by atoms with Gasteiger partial charge in [0.1, 0.15) is 0 Å². The van der Waals surface area contributed by atoms with Crippen LogP contribution in [0.1, 0.15) is 70.8 Å². The number of H-pyrrole nitrogens is 1. The van der Waals surface area contributed by atoms with Crippen LogP contribution in [0.25, 0.3) is 10.9 Å². The second-order valence-electron chi connectivity index (χ2n) is 10.6. The molecule has 0 spiro atoms. The van der Waals surface area contributed by atoms with E-state index in [1.165, 1.54) is 32.4 Å². The van der Waals surface area contributed by atoms with Gasteiger partial charge < -0.3 is 20.1 Å². The lowest BCUT2D eigenvalue weighted by Gasteiger charge is -2.42. The summed E-state index contributed by atoms with van der Waals surface area (Å²) in [6.45, 7) is 8.42. The van der Waals surface area contributed by atoms with E-state index in [-0.39, 0.29) is 29.8 Å². The lowest BCUT2D eigenvalue weighted by Crippen LogP contribution is -2.60. The number of Topliss-reactive ketones (excluding diaryl/α,β-unsaturated/α-hetero) is 1. The Morgan fingerprint density at radius 2 is 1.94 bits per heavy atom. The number of halogens is 1. The second kappa shape index (κ2) is 12.4. The Bertz CT molecular complexity index is 998. The SMILES string of the molecule is CC(C)N[C@H](CCCCN1CCCCC1)C(=O)N1CC[C@H]1C(=O)CCc1ccc2[nH]cc(Cl)c2c1. The number of aromatic nitrogens is 1. The van der Waals surface area contributed by atoms with Gasteiger partial charge in [-0.3, -0.25) is 9.59 Å². The van der Waals surface area contributed by atoms with Crippen molar-refractivity contribution in [1.82, 2.24) is 20.1 Å². The number of hydrogen-bond acceptors (Lipinski definition) is 4. The highest BCUT2D eigenvalue weighted by molar-refractivity contribution is 6.35. The number of piperidine rings is 1. The van der Waals surface area contributed by atoms with Gasteiger partial charge in [0.05, 0.1) is 17.1 Å². The molecule has 4 rings (SSSR count). The summed E-state index contributed by atoms with van der Waals surface area (Å²) in [5.74, 6) is 0.264. The monoisotopic (exact) mass is 500 g/mol. The van der Waals surface area contributed by atoms with Crippen molar-refractivity contribution in [2.24, 2.45) is 0 Å². The molecule has 2 atom stereocenters. The smallest absolute Gasteiger partial charge is 0.240 e. The van der Waals surface area contributed by atoms with E-state index < -0.39 is 0 Å². The van der Waals surface area contributed by atoms with Crippen LogP contribution in [0.3, 0.4) is 0 Å². The third-order valence-electron chi connectivity index (χ3n) is 7.53. The number of amides is 1. The van der Waals surface area contributed by atoms with E-state index in [2.05, 4.69) is 35.1 Å². The molecule has 6 nitrogen and oxygen atoms in total. The molecule has 1 aromatic heterocycles. The molecule has 2 fully saturated rings. The van der Waals surface area contributed by atoms with E-state index >= 15 is 0 Å². The highest BCUT2D eigenvalue weighted by Crippen LogP contribution is 2.26. The number of carbonyl (C=O) groups excluding carboxylic acids is 2. The first kappa shape index (κ1) is 26.2. The average molecular weight is 501 g/mol. The maximum absolute atomic E-state index is 13.4. The Kier molecular flexibility index (Phi) is 9.26. The fraction of sp³-hybridized carbons (Fsp3) is 0.643. The first-order valence-electron chi connectivity index (χ1n) is 13.5. The van der Waals surface area contributed by atoms with Crippen LogP contribution in [0, 0.1) is 0 Å². The molecule has 2 N–H and O–H groups in total. The van der Waals surface area contributed by atoms with Gasteiger partial charge in [-0.1, -0.05) is 44.4 Å². The van der Waals surface area contributed by atoms with Gasteiger partial charge >= 0.3 is 0 Å². The Hall–Kier alpha value is -1.89. The summed E-state index contributed by atoms with van der Waals surface area (Å²) in [5.41, 5.74) is 2.10. The summed E-state index contributed by atoms with van der Waals surface area (Å²) in [7, 11) is 0. The molecule has 3 heterocycles. The number of hydrogen-bond donors (Lipinski definition) is 2. The van der Waals surface area contributed by atoms with Crippen molar-refractivity contribution in [3.8, 4) is 0 Å². The van der Waals surface area contributed by atoms with Crippen LogP contribution >= 0.6 is 11.6 Å². The van der Waals surface area contributed by atoms with Gasteiger partial charge in [0.25, 0.3) is 0 Å². The molecule has 2 aliphatic rings. The number of benzene rings is 1. The summed E-state index contributed by atoms with van der Waals surface area (Å²) in [5, 5.41) is 5.16. The minimum atomic E-state index is -0.271. The molecule has 2 aliphatic heterocycles. The zero-order valence-electron chi connectivity index (χ0n) is 21.3. The fourth-order valence-corrected chi connectivity index (χ4v) is 5.67. The molecule has 2 aromatic rings. The summed E-state index contributed by atoms with van der Waals surface area (Å²) >= 11 is 6.24. The van der Waals surface area contributed by atoms with Crippen molar-refractivity contribution in [2.75, 3.05) is 26.2 Å².